The van der Waals surface area contributed by atoms with E-state index in [-0.39, 0.29) is 17.7 Å². The van der Waals surface area contributed by atoms with E-state index in [1.165, 1.54) is 19.8 Å². The Kier molecular flexibility index (Phi) is 7.94. The summed E-state index contributed by atoms with van der Waals surface area (Å²) in [5.74, 6) is 1.41. The molecule has 194 valence electrons. The quantitative estimate of drug-likeness (QED) is 0.523. The lowest BCUT2D eigenvalue weighted by molar-refractivity contribution is -0.163. The molecule has 1 heterocycles. The highest BCUT2D eigenvalue weighted by Gasteiger charge is 2.50. The van der Waals surface area contributed by atoms with Gasteiger partial charge >= 0.3 is 5.97 Å². The Morgan fingerprint density at radius 1 is 1.14 bits per heavy atom. The molecule has 2 saturated carbocycles. The van der Waals surface area contributed by atoms with Crippen molar-refractivity contribution in [2.45, 2.75) is 83.8 Å². The van der Waals surface area contributed by atoms with Crippen molar-refractivity contribution in [3.8, 4) is 11.5 Å². The summed E-state index contributed by atoms with van der Waals surface area (Å²) in [6.07, 6.45) is 6.08. The van der Waals surface area contributed by atoms with Gasteiger partial charge in [-0.3, -0.25) is 9.59 Å². The monoisotopic (exact) mass is 487 g/mol. The van der Waals surface area contributed by atoms with Crippen LogP contribution in [0.1, 0.15) is 77.2 Å². The van der Waals surface area contributed by atoms with Gasteiger partial charge in [0.1, 0.15) is 0 Å². The number of ether oxygens (including phenoxy) is 3. The van der Waals surface area contributed by atoms with E-state index in [2.05, 4.69) is 0 Å². The van der Waals surface area contributed by atoms with Crippen molar-refractivity contribution in [3.05, 3.63) is 23.8 Å². The van der Waals surface area contributed by atoms with Gasteiger partial charge in [0.25, 0.3) is 5.91 Å². The molecule has 4 atom stereocenters. The Morgan fingerprint density at radius 3 is 2.46 bits per heavy atom. The molecule has 35 heavy (non-hydrogen) atoms. The summed E-state index contributed by atoms with van der Waals surface area (Å²) in [6.45, 7) is 6.73. The Bertz CT molecular complexity index is 907. The van der Waals surface area contributed by atoms with E-state index in [4.69, 9.17) is 14.2 Å². The van der Waals surface area contributed by atoms with Gasteiger partial charge in [0.2, 0.25) is 0 Å². The first-order valence-corrected chi connectivity index (χ1v) is 13.2. The molecule has 1 saturated heterocycles. The standard InChI is InChI=1S/C28H41NO6/c1-18(30)28(3)17-29(27(32)26(35-19(2)31)21-8-6-5-7-9-21)15-23(28)22-12-13-24(33-4)25(14-22)34-16-20-10-11-20/h12-14,18,20-21,23,26,30H,5-11,15-17H2,1-4H3/t18-,23+,26-,28?/m1/s1. The second-order valence-corrected chi connectivity index (χ2v) is 11.0. The van der Waals surface area contributed by atoms with E-state index in [1.54, 1.807) is 18.9 Å². The minimum atomic E-state index is -0.752. The molecule has 7 nitrogen and oxygen atoms in total. The lowest BCUT2D eigenvalue weighted by Crippen LogP contribution is -2.46. The highest BCUT2D eigenvalue weighted by Crippen LogP contribution is 2.47. The van der Waals surface area contributed by atoms with Crippen molar-refractivity contribution < 1.29 is 28.9 Å². The maximum Gasteiger partial charge on any atom is 0.303 e. The van der Waals surface area contributed by atoms with Crippen molar-refractivity contribution in [1.82, 2.24) is 4.90 Å². The number of aliphatic hydroxyl groups excluding tert-OH is 1. The molecule has 0 bridgehead atoms. The topological polar surface area (TPSA) is 85.3 Å². The normalized spacial score (nSPS) is 26.8. The van der Waals surface area contributed by atoms with Crippen LogP contribution in [0.2, 0.25) is 0 Å². The van der Waals surface area contributed by atoms with Crippen LogP contribution < -0.4 is 9.47 Å². The third kappa shape index (κ3) is 5.76. The smallest absolute Gasteiger partial charge is 0.303 e. The van der Waals surface area contributed by atoms with Crippen LogP contribution in [-0.4, -0.2) is 60.9 Å². The number of amides is 1. The van der Waals surface area contributed by atoms with E-state index in [0.29, 0.717) is 37.1 Å². The van der Waals surface area contributed by atoms with Crippen molar-refractivity contribution >= 4 is 11.9 Å². The van der Waals surface area contributed by atoms with Gasteiger partial charge in [0, 0.05) is 37.3 Å². The number of rotatable bonds is 9. The predicted molar refractivity (Wildman–Crippen MR) is 132 cm³/mol. The van der Waals surface area contributed by atoms with Crippen LogP contribution in [0.5, 0.6) is 11.5 Å². The van der Waals surface area contributed by atoms with Crippen molar-refractivity contribution in [3.63, 3.8) is 0 Å². The van der Waals surface area contributed by atoms with Gasteiger partial charge in [-0.05, 0) is 56.2 Å². The molecular weight excluding hydrogens is 446 g/mol. The maximum atomic E-state index is 13.7. The van der Waals surface area contributed by atoms with Gasteiger partial charge < -0.3 is 24.2 Å². The zero-order valence-electron chi connectivity index (χ0n) is 21.6. The van der Waals surface area contributed by atoms with Crippen molar-refractivity contribution in [2.24, 2.45) is 17.3 Å². The van der Waals surface area contributed by atoms with Crippen LogP contribution in [0.15, 0.2) is 18.2 Å². The summed E-state index contributed by atoms with van der Waals surface area (Å²) in [5.41, 5.74) is 0.461. The Labute approximate surface area is 209 Å². The molecular formula is C28H41NO6. The summed E-state index contributed by atoms with van der Waals surface area (Å²) in [5, 5.41) is 10.9. The lowest BCUT2D eigenvalue weighted by atomic mass is 9.72. The molecule has 0 radical (unpaired) electrons. The van der Waals surface area contributed by atoms with Crippen molar-refractivity contribution in [1.29, 1.82) is 0 Å². The molecule has 1 unspecified atom stereocenters. The molecule has 1 aromatic rings. The molecule has 1 N–H and O–H groups in total. The fraction of sp³-hybridized carbons (Fsp3) is 0.714. The largest absolute Gasteiger partial charge is 0.493 e. The van der Waals surface area contributed by atoms with Gasteiger partial charge in [-0.15, -0.1) is 0 Å². The fourth-order valence-electron chi connectivity index (χ4n) is 5.75. The number of carbonyl (C=O) groups is 2. The average molecular weight is 488 g/mol. The molecule has 7 heteroatoms. The number of carbonyl (C=O) groups excluding carboxylic acids is 2. The second kappa shape index (κ2) is 10.8. The van der Waals surface area contributed by atoms with Crippen LogP contribution in [0.3, 0.4) is 0 Å². The Hall–Kier alpha value is -2.28. The van der Waals surface area contributed by atoms with Crippen molar-refractivity contribution in [2.75, 3.05) is 26.8 Å². The molecule has 2 aliphatic carbocycles. The molecule has 1 aliphatic heterocycles. The zero-order valence-corrected chi connectivity index (χ0v) is 21.6. The maximum absolute atomic E-state index is 13.7. The number of aliphatic hydroxyl groups is 1. The molecule has 3 aliphatic rings. The van der Waals surface area contributed by atoms with Gasteiger partial charge in [-0.1, -0.05) is 32.3 Å². The number of likely N-dealkylation sites (tertiary alicyclic amines) is 1. The van der Waals surface area contributed by atoms with E-state index < -0.39 is 23.6 Å². The van der Waals surface area contributed by atoms with E-state index in [0.717, 1.165) is 37.7 Å². The Morgan fingerprint density at radius 2 is 1.86 bits per heavy atom. The first kappa shape index (κ1) is 25.8. The second-order valence-electron chi connectivity index (χ2n) is 11.0. The number of hydrogen-bond acceptors (Lipinski definition) is 6. The van der Waals surface area contributed by atoms with Gasteiger partial charge in [0.05, 0.1) is 19.8 Å². The lowest BCUT2D eigenvalue weighted by Gasteiger charge is -2.34. The van der Waals surface area contributed by atoms with E-state index in [1.807, 2.05) is 25.1 Å². The average Bonchev–Trinajstić information content (AvgIpc) is 3.61. The van der Waals surface area contributed by atoms with Crippen LogP contribution in [0.4, 0.5) is 0 Å². The zero-order chi connectivity index (χ0) is 25.2. The number of benzene rings is 1. The summed E-state index contributed by atoms with van der Waals surface area (Å²) in [4.78, 5) is 27.4. The SMILES string of the molecule is COc1ccc([C@@H]2CN(C(=O)[C@H](OC(C)=O)C3CCCCC3)CC2(C)[C@@H](C)O)cc1OCC1CC1. The minimum Gasteiger partial charge on any atom is -0.493 e. The molecule has 0 spiro atoms. The predicted octanol–water partition coefficient (Wildman–Crippen LogP) is 4.31. The summed E-state index contributed by atoms with van der Waals surface area (Å²) < 4.78 is 17.2. The first-order valence-electron chi connectivity index (χ1n) is 13.2. The summed E-state index contributed by atoms with van der Waals surface area (Å²) in [7, 11) is 1.63. The van der Waals surface area contributed by atoms with Crippen LogP contribution in [-0.2, 0) is 14.3 Å². The fourth-order valence-corrected chi connectivity index (χ4v) is 5.75. The Balaban J connectivity index is 1.59. The van der Waals surface area contributed by atoms with Crippen LogP contribution >= 0.6 is 0 Å². The number of hydrogen-bond donors (Lipinski definition) is 1. The van der Waals surface area contributed by atoms with Crippen LogP contribution in [0, 0.1) is 17.3 Å². The summed E-state index contributed by atoms with van der Waals surface area (Å²) in [6, 6.07) is 5.92. The number of esters is 1. The minimum absolute atomic E-state index is 0.0559. The molecule has 3 fully saturated rings. The molecule has 0 aromatic heterocycles. The molecule has 1 aromatic carbocycles. The molecule has 1 amide bonds. The highest BCUT2D eigenvalue weighted by atomic mass is 16.5. The number of methoxy groups -OCH3 is 1. The first-order chi connectivity index (χ1) is 16.7. The van der Waals surface area contributed by atoms with Gasteiger partial charge in [0.15, 0.2) is 17.6 Å². The third-order valence-electron chi connectivity index (χ3n) is 8.37. The number of nitrogens with zero attached hydrogens (tertiary/aromatic N) is 1. The van der Waals surface area contributed by atoms with Gasteiger partial charge in [-0.2, -0.15) is 0 Å². The van der Waals surface area contributed by atoms with Gasteiger partial charge in [-0.25, -0.2) is 0 Å². The highest BCUT2D eigenvalue weighted by molar-refractivity contribution is 5.84. The van der Waals surface area contributed by atoms with Crippen LogP contribution in [0.25, 0.3) is 0 Å². The molecule has 4 rings (SSSR count). The summed E-state index contributed by atoms with van der Waals surface area (Å²) >= 11 is 0. The van der Waals surface area contributed by atoms with E-state index >= 15 is 0 Å². The third-order valence-corrected chi connectivity index (χ3v) is 8.37. The van der Waals surface area contributed by atoms with E-state index in [9.17, 15) is 14.7 Å².